The van der Waals surface area contributed by atoms with E-state index in [0.717, 1.165) is 10.5 Å². The Kier molecular flexibility index (Phi) is 3.75. The molecule has 0 saturated carbocycles. The minimum Gasteiger partial charge on any atom is -0.326 e. The SMILES string of the molecule is CC(C)Sc1ccc(F)cc1CN. The Morgan fingerprint density at radius 3 is 2.69 bits per heavy atom. The molecule has 13 heavy (non-hydrogen) atoms. The molecule has 2 N–H and O–H groups in total. The van der Waals surface area contributed by atoms with Crippen LogP contribution < -0.4 is 5.73 Å². The molecule has 0 aromatic heterocycles. The van der Waals surface area contributed by atoms with Crippen LogP contribution in [0.4, 0.5) is 4.39 Å². The zero-order valence-electron chi connectivity index (χ0n) is 7.88. The molecule has 0 aliphatic carbocycles. The lowest BCUT2D eigenvalue weighted by atomic mass is 10.2. The number of hydrogen-bond donors (Lipinski definition) is 1. The Hall–Kier alpha value is -0.540. The van der Waals surface area contributed by atoms with Gasteiger partial charge in [0.05, 0.1) is 0 Å². The van der Waals surface area contributed by atoms with Crippen LogP contribution in [0.2, 0.25) is 0 Å². The summed E-state index contributed by atoms with van der Waals surface area (Å²) >= 11 is 1.71. The van der Waals surface area contributed by atoms with Gasteiger partial charge in [-0.2, -0.15) is 0 Å². The lowest BCUT2D eigenvalue weighted by Crippen LogP contribution is -2.00. The molecule has 0 unspecified atom stereocenters. The van der Waals surface area contributed by atoms with Crippen molar-refractivity contribution in [1.82, 2.24) is 0 Å². The smallest absolute Gasteiger partial charge is 0.123 e. The van der Waals surface area contributed by atoms with Crippen molar-refractivity contribution in [1.29, 1.82) is 0 Å². The molecular formula is C10H14FNS. The van der Waals surface area contributed by atoms with Crippen LogP contribution in [0.1, 0.15) is 19.4 Å². The maximum Gasteiger partial charge on any atom is 0.123 e. The van der Waals surface area contributed by atoms with Gasteiger partial charge in [-0.15, -0.1) is 11.8 Å². The Morgan fingerprint density at radius 2 is 2.15 bits per heavy atom. The maximum atomic E-state index is 12.8. The molecule has 1 rings (SSSR count). The summed E-state index contributed by atoms with van der Waals surface area (Å²) in [6.07, 6.45) is 0. The monoisotopic (exact) mass is 199 g/mol. The summed E-state index contributed by atoms with van der Waals surface area (Å²) in [5.74, 6) is -0.214. The first-order chi connectivity index (χ1) is 6.13. The summed E-state index contributed by atoms with van der Waals surface area (Å²) in [5.41, 5.74) is 6.40. The van der Waals surface area contributed by atoms with Crippen LogP contribution in [0.3, 0.4) is 0 Å². The van der Waals surface area contributed by atoms with Gasteiger partial charge in [-0.25, -0.2) is 4.39 Å². The van der Waals surface area contributed by atoms with E-state index in [-0.39, 0.29) is 5.82 Å². The Bertz CT molecular complexity index is 286. The van der Waals surface area contributed by atoms with Crippen molar-refractivity contribution in [3.63, 3.8) is 0 Å². The molecule has 0 fully saturated rings. The number of halogens is 1. The van der Waals surface area contributed by atoms with Crippen molar-refractivity contribution in [2.45, 2.75) is 30.5 Å². The third-order valence-electron chi connectivity index (χ3n) is 1.61. The molecule has 3 heteroatoms. The molecule has 0 aliphatic rings. The molecule has 0 aliphatic heterocycles. The van der Waals surface area contributed by atoms with E-state index < -0.39 is 0 Å². The van der Waals surface area contributed by atoms with Crippen molar-refractivity contribution in [2.75, 3.05) is 0 Å². The van der Waals surface area contributed by atoms with Crippen LogP contribution in [-0.2, 0) is 6.54 Å². The summed E-state index contributed by atoms with van der Waals surface area (Å²) in [6.45, 7) is 4.61. The molecule has 72 valence electrons. The first-order valence-corrected chi connectivity index (χ1v) is 5.16. The van der Waals surface area contributed by atoms with Crippen molar-refractivity contribution in [2.24, 2.45) is 5.73 Å². The topological polar surface area (TPSA) is 26.0 Å². The highest BCUT2D eigenvalue weighted by atomic mass is 32.2. The third kappa shape index (κ3) is 3.01. The van der Waals surface area contributed by atoms with E-state index in [9.17, 15) is 4.39 Å². The second-order valence-electron chi connectivity index (χ2n) is 3.12. The van der Waals surface area contributed by atoms with Crippen molar-refractivity contribution >= 4 is 11.8 Å². The van der Waals surface area contributed by atoms with Gasteiger partial charge in [-0.1, -0.05) is 13.8 Å². The predicted octanol–water partition coefficient (Wildman–Crippen LogP) is 2.78. The molecule has 0 bridgehead atoms. The highest BCUT2D eigenvalue weighted by molar-refractivity contribution is 8.00. The van der Waals surface area contributed by atoms with Crippen LogP contribution in [0.15, 0.2) is 23.1 Å². The quantitative estimate of drug-likeness (QED) is 0.757. The predicted molar refractivity (Wildman–Crippen MR) is 55.3 cm³/mol. The summed E-state index contributed by atoms with van der Waals surface area (Å²) in [5, 5.41) is 0.496. The molecule has 0 atom stereocenters. The van der Waals surface area contributed by atoms with E-state index in [0.29, 0.717) is 11.8 Å². The largest absolute Gasteiger partial charge is 0.326 e. The van der Waals surface area contributed by atoms with E-state index >= 15 is 0 Å². The fourth-order valence-electron chi connectivity index (χ4n) is 1.08. The molecule has 0 saturated heterocycles. The lowest BCUT2D eigenvalue weighted by Gasteiger charge is -2.09. The molecule has 1 aromatic carbocycles. The Morgan fingerprint density at radius 1 is 1.46 bits per heavy atom. The second kappa shape index (κ2) is 4.63. The van der Waals surface area contributed by atoms with Crippen LogP contribution in [0, 0.1) is 5.82 Å². The van der Waals surface area contributed by atoms with Gasteiger partial charge >= 0.3 is 0 Å². The van der Waals surface area contributed by atoms with Crippen molar-refractivity contribution in [3.05, 3.63) is 29.6 Å². The minimum atomic E-state index is -0.214. The van der Waals surface area contributed by atoms with Gasteiger partial charge in [-0.3, -0.25) is 0 Å². The second-order valence-corrected chi connectivity index (χ2v) is 4.74. The third-order valence-corrected chi connectivity index (χ3v) is 2.73. The molecule has 1 nitrogen and oxygen atoms in total. The number of hydrogen-bond acceptors (Lipinski definition) is 2. The fraction of sp³-hybridized carbons (Fsp3) is 0.400. The van der Waals surface area contributed by atoms with Gasteiger partial charge in [0.1, 0.15) is 5.82 Å². The number of thioether (sulfide) groups is 1. The van der Waals surface area contributed by atoms with Crippen molar-refractivity contribution < 1.29 is 4.39 Å². The molecule has 0 heterocycles. The first-order valence-electron chi connectivity index (χ1n) is 4.28. The zero-order chi connectivity index (χ0) is 9.84. The highest BCUT2D eigenvalue weighted by Crippen LogP contribution is 2.26. The summed E-state index contributed by atoms with van der Waals surface area (Å²) < 4.78 is 12.8. The van der Waals surface area contributed by atoms with Gasteiger partial charge in [-0.05, 0) is 23.8 Å². The highest BCUT2D eigenvalue weighted by Gasteiger charge is 2.04. The summed E-state index contributed by atoms with van der Waals surface area (Å²) in [4.78, 5) is 1.08. The van der Waals surface area contributed by atoms with Crippen LogP contribution >= 0.6 is 11.8 Å². The zero-order valence-corrected chi connectivity index (χ0v) is 8.70. The number of benzene rings is 1. The molecule has 1 aromatic rings. The maximum absolute atomic E-state index is 12.8. The van der Waals surface area contributed by atoms with E-state index in [1.54, 1.807) is 17.8 Å². The van der Waals surface area contributed by atoms with Gasteiger partial charge in [0.25, 0.3) is 0 Å². The Labute approximate surface area is 82.5 Å². The average molecular weight is 199 g/mol. The fourth-order valence-corrected chi connectivity index (χ4v) is 2.02. The van der Waals surface area contributed by atoms with Crippen LogP contribution in [0.25, 0.3) is 0 Å². The van der Waals surface area contributed by atoms with Gasteiger partial charge in [0.15, 0.2) is 0 Å². The van der Waals surface area contributed by atoms with E-state index in [2.05, 4.69) is 13.8 Å². The lowest BCUT2D eigenvalue weighted by molar-refractivity contribution is 0.623. The van der Waals surface area contributed by atoms with E-state index in [1.807, 2.05) is 0 Å². The molecule has 0 spiro atoms. The van der Waals surface area contributed by atoms with E-state index in [4.69, 9.17) is 5.73 Å². The standard InChI is InChI=1S/C10H14FNS/c1-7(2)13-10-4-3-9(11)5-8(10)6-12/h3-5,7H,6,12H2,1-2H3. The summed E-state index contributed by atoms with van der Waals surface area (Å²) in [7, 11) is 0. The van der Waals surface area contributed by atoms with Gasteiger partial charge in [0, 0.05) is 16.7 Å². The molecule has 0 amide bonds. The minimum absolute atomic E-state index is 0.214. The molecule has 0 radical (unpaired) electrons. The summed E-state index contributed by atoms with van der Waals surface area (Å²) in [6, 6.07) is 4.77. The molecular weight excluding hydrogens is 185 g/mol. The van der Waals surface area contributed by atoms with E-state index in [1.165, 1.54) is 12.1 Å². The number of rotatable bonds is 3. The Balaban J connectivity index is 2.92. The normalized spacial score (nSPS) is 10.8. The van der Waals surface area contributed by atoms with Gasteiger partial charge in [0.2, 0.25) is 0 Å². The van der Waals surface area contributed by atoms with Gasteiger partial charge < -0.3 is 5.73 Å². The van der Waals surface area contributed by atoms with Crippen molar-refractivity contribution in [3.8, 4) is 0 Å². The first kappa shape index (κ1) is 10.5. The average Bonchev–Trinajstić information content (AvgIpc) is 2.07. The van der Waals surface area contributed by atoms with Crippen LogP contribution in [-0.4, -0.2) is 5.25 Å². The van der Waals surface area contributed by atoms with Crippen LogP contribution in [0.5, 0.6) is 0 Å². The number of nitrogens with two attached hydrogens (primary N) is 1.